The lowest BCUT2D eigenvalue weighted by Gasteiger charge is -2.33. The summed E-state index contributed by atoms with van der Waals surface area (Å²) < 4.78 is 0. The zero-order valence-corrected chi connectivity index (χ0v) is 15.8. The highest BCUT2D eigenvalue weighted by atomic mass is 35.5. The Balaban J connectivity index is 0.00000225. The van der Waals surface area contributed by atoms with E-state index >= 15 is 0 Å². The first-order chi connectivity index (χ1) is 11.6. The van der Waals surface area contributed by atoms with Gasteiger partial charge in [-0.1, -0.05) is 0 Å². The quantitative estimate of drug-likeness (QED) is 0.865. The van der Waals surface area contributed by atoms with Crippen molar-refractivity contribution in [2.24, 2.45) is 5.92 Å². The highest BCUT2D eigenvalue weighted by Crippen LogP contribution is 2.23. The Morgan fingerprint density at radius 2 is 2.04 bits per heavy atom. The Morgan fingerprint density at radius 3 is 2.68 bits per heavy atom. The number of aryl methyl sites for hydroxylation is 1. The minimum Gasteiger partial charge on any atom is -0.336 e. The number of rotatable bonds is 3. The Morgan fingerprint density at radius 1 is 1.24 bits per heavy atom. The van der Waals surface area contributed by atoms with E-state index in [2.05, 4.69) is 17.6 Å². The van der Waals surface area contributed by atoms with E-state index in [0.717, 1.165) is 50.1 Å². The van der Waals surface area contributed by atoms with E-state index < -0.39 is 0 Å². The average molecular weight is 366 g/mol. The Labute approximate surface area is 155 Å². The van der Waals surface area contributed by atoms with E-state index in [1.807, 2.05) is 30.0 Å². The maximum Gasteiger partial charge on any atom is 0.254 e. The second-order valence-corrected chi connectivity index (χ2v) is 7.05. The number of hydrogen-bond donors (Lipinski definition) is 2. The number of nitrogens with one attached hydrogen (secondary N) is 2. The van der Waals surface area contributed by atoms with Crippen LogP contribution >= 0.6 is 12.4 Å². The van der Waals surface area contributed by atoms with Gasteiger partial charge >= 0.3 is 0 Å². The van der Waals surface area contributed by atoms with Gasteiger partial charge in [0.15, 0.2) is 0 Å². The molecule has 1 aromatic rings. The van der Waals surface area contributed by atoms with E-state index in [9.17, 15) is 9.59 Å². The second kappa shape index (κ2) is 8.68. The zero-order chi connectivity index (χ0) is 17.1. The van der Waals surface area contributed by atoms with Crippen LogP contribution in [-0.2, 0) is 4.79 Å². The molecule has 1 aromatic carbocycles. The molecule has 0 aliphatic carbocycles. The summed E-state index contributed by atoms with van der Waals surface area (Å²) in [6, 6.07) is 5.89. The van der Waals surface area contributed by atoms with Crippen molar-refractivity contribution in [1.29, 1.82) is 0 Å². The van der Waals surface area contributed by atoms with Gasteiger partial charge in [0, 0.05) is 30.4 Å². The number of likely N-dealkylation sites (tertiary alicyclic amines) is 1. The van der Waals surface area contributed by atoms with Gasteiger partial charge in [-0.3, -0.25) is 9.59 Å². The van der Waals surface area contributed by atoms with E-state index in [4.69, 9.17) is 0 Å². The summed E-state index contributed by atoms with van der Waals surface area (Å²) in [7, 11) is 0. The van der Waals surface area contributed by atoms with Crippen LogP contribution in [0.15, 0.2) is 18.2 Å². The molecule has 3 rings (SSSR count). The molecule has 0 bridgehead atoms. The number of amides is 2. The first-order valence-corrected chi connectivity index (χ1v) is 8.99. The summed E-state index contributed by atoms with van der Waals surface area (Å²) in [6.07, 6.45) is 4.24. The van der Waals surface area contributed by atoms with E-state index in [0.29, 0.717) is 11.6 Å². The number of carbonyl (C=O) groups excluding carboxylic acids is 2. The van der Waals surface area contributed by atoms with Crippen LogP contribution in [0, 0.1) is 12.8 Å². The largest absolute Gasteiger partial charge is 0.336 e. The van der Waals surface area contributed by atoms with Crippen molar-refractivity contribution in [2.75, 3.05) is 25.0 Å². The number of carbonyl (C=O) groups is 2. The van der Waals surface area contributed by atoms with Gasteiger partial charge < -0.3 is 15.5 Å². The number of benzene rings is 1. The molecule has 2 amide bonds. The van der Waals surface area contributed by atoms with Crippen LogP contribution in [0.2, 0.25) is 0 Å². The van der Waals surface area contributed by atoms with E-state index in [1.165, 1.54) is 6.42 Å². The van der Waals surface area contributed by atoms with Gasteiger partial charge in [0.05, 0.1) is 5.92 Å². The fourth-order valence-electron chi connectivity index (χ4n) is 3.62. The van der Waals surface area contributed by atoms with Gasteiger partial charge in [0.25, 0.3) is 5.91 Å². The molecule has 2 N–H and O–H groups in total. The maximum atomic E-state index is 12.7. The van der Waals surface area contributed by atoms with Crippen molar-refractivity contribution in [3.05, 3.63) is 29.3 Å². The van der Waals surface area contributed by atoms with Gasteiger partial charge in [-0.15, -0.1) is 12.4 Å². The predicted octanol–water partition coefficient (Wildman–Crippen LogP) is 2.98. The lowest BCUT2D eigenvalue weighted by molar-refractivity contribution is -0.119. The average Bonchev–Trinajstić information content (AvgIpc) is 3.11. The molecule has 0 saturated carbocycles. The molecule has 2 unspecified atom stereocenters. The van der Waals surface area contributed by atoms with Crippen LogP contribution < -0.4 is 10.6 Å². The third-order valence-electron chi connectivity index (χ3n) is 5.23. The summed E-state index contributed by atoms with van der Waals surface area (Å²) in [5.74, 6) is 0.204. The van der Waals surface area contributed by atoms with Crippen molar-refractivity contribution in [1.82, 2.24) is 10.2 Å². The Bertz CT molecular complexity index is 629. The Kier molecular flexibility index (Phi) is 6.85. The highest BCUT2D eigenvalue weighted by molar-refractivity contribution is 5.97. The molecule has 2 aliphatic heterocycles. The third kappa shape index (κ3) is 4.53. The summed E-state index contributed by atoms with van der Waals surface area (Å²) in [6.45, 7) is 6.55. The van der Waals surface area contributed by atoms with Crippen molar-refractivity contribution in [2.45, 2.75) is 45.6 Å². The smallest absolute Gasteiger partial charge is 0.254 e. The molecule has 2 aliphatic rings. The van der Waals surface area contributed by atoms with Crippen LogP contribution in [0.4, 0.5) is 5.69 Å². The normalized spacial score (nSPS) is 23.0. The molecule has 0 spiro atoms. The van der Waals surface area contributed by atoms with Gasteiger partial charge in [-0.25, -0.2) is 0 Å². The van der Waals surface area contributed by atoms with Crippen LogP contribution in [0.5, 0.6) is 0 Å². The molecule has 2 fully saturated rings. The molecule has 138 valence electrons. The molecular weight excluding hydrogens is 338 g/mol. The highest BCUT2D eigenvalue weighted by Gasteiger charge is 2.25. The van der Waals surface area contributed by atoms with Crippen LogP contribution in [-0.4, -0.2) is 42.4 Å². The first kappa shape index (κ1) is 19.7. The summed E-state index contributed by atoms with van der Waals surface area (Å²) >= 11 is 0. The molecule has 2 heterocycles. The van der Waals surface area contributed by atoms with Gasteiger partial charge in [0.2, 0.25) is 5.91 Å². The minimum absolute atomic E-state index is 0. The molecular formula is C19H28ClN3O2. The SMILES string of the molecule is Cc1cc(C(=O)N2CCCCC2C)ccc1NC(=O)C1CCNC1.Cl. The van der Waals surface area contributed by atoms with Crippen LogP contribution in [0.1, 0.15) is 48.5 Å². The van der Waals surface area contributed by atoms with Crippen molar-refractivity contribution in [3.8, 4) is 0 Å². The van der Waals surface area contributed by atoms with Crippen molar-refractivity contribution >= 4 is 29.9 Å². The number of halogens is 1. The molecule has 0 radical (unpaired) electrons. The Hall–Kier alpha value is -1.59. The first-order valence-electron chi connectivity index (χ1n) is 8.99. The lowest BCUT2D eigenvalue weighted by Crippen LogP contribution is -2.42. The van der Waals surface area contributed by atoms with Crippen LogP contribution in [0.3, 0.4) is 0 Å². The zero-order valence-electron chi connectivity index (χ0n) is 15.0. The predicted molar refractivity (Wildman–Crippen MR) is 102 cm³/mol. The molecule has 0 aromatic heterocycles. The minimum atomic E-state index is 0. The summed E-state index contributed by atoms with van der Waals surface area (Å²) in [5, 5.41) is 6.21. The van der Waals surface area contributed by atoms with Crippen LogP contribution in [0.25, 0.3) is 0 Å². The number of nitrogens with zero attached hydrogens (tertiary/aromatic N) is 1. The third-order valence-corrected chi connectivity index (χ3v) is 5.23. The topological polar surface area (TPSA) is 61.4 Å². The van der Waals surface area contributed by atoms with Gasteiger partial charge in [-0.2, -0.15) is 0 Å². The monoisotopic (exact) mass is 365 g/mol. The maximum absolute atomic E-state index is 12.7. The standard InChI is InChI=1S/C19H27N3O2.ClH/c1-13-11-15(19(24)22-10-4-3-5-14(22)2)6-7-17(13)21-18(23)16-8-9-20-12-16;/h6-7,11,14,16,20H,3-5,8-10,12H2,1-2H3,(H,21,23);1H. The van der Waals surface area contributed by atoms with E-state index in [-0.39, 0.29) is 30.1 Å². The lowest BCUT2D eigenvalue weighted by atomic mass is 10.0. The summed E-state index contributed by atoms with van der Waals surface area (Å²) in [5.41, 5.74) is 2.45. The van der Waals surface area contributed by atoms with Gasteiger partial charge in [-0.05, 0) is 69.8 Å². The molecule has 2 saturated heterocycles. The van der Waals surface area contributed by atoms with Crippen molar-refractivity contribution < 1.29 is 9.59 Å². The van der Waals surface area contributed by atoms with E-state index in [1.54, 1.807) is 0 Å². The number of piperidine rings is 1. The fourth-order valence-corrected chi connectivity index (χ4v) is 3.62. The fraction of sp³-hybridized carbons (Fsp3) is 0.579. The molecule has 5 nitrogen and oxygen atoms in total. The second-order valence-electron chi connectivity index (χ2n) is 7.05. The van der Waals surface area contributed by atoms with Gasteiger partial charge in [0.1, 0.15) is 0 Å². The molecule has 25 heavy (non-hydrogen) atoms. The molecule has 6 heteroatoms. The number of hydrogen-bond acceptors (Lipinski definition) is 3. The molecule has 2 atom stereocenters. The summed E-state index contributed by atoms with van der Waals surface area (Å²) in [4.78, 5) is 27.0. The number of anilines is 1. The van der Waals surface area contributed by atoms with Crippen molar-refractivity contribution in [3.63, 3.8) is 0 Å².